The minimum atomic E-state index is -3.67. The minimum Gasteiger partial charge on any atom is -0.287 e. The second kappa shape index (κ2) is 8.76. The molecule has 0 spiro atoms. The van der Waals surface area contributed by atoms with Crippen molar-refractivity contribution in [3.63, 3.8) is 0 Å². The molecular formula is C15H20NO4P. The number of phosphoric acid groups is 1. The standard InChI is InChI=1S/C15H20NO4P/c1-4-18-21(17,19-5-2)20-15(13(3)11-12-16)14-9-7-6-8-10-14/h6-11,15H,4-5H2,1-3H3/b13-11+. The normalized spacial score (nSPS) is 13.7. The van der Waals surface area contributed by atoms with Crippen LogP contribution in [0.1, 0.15) is 32.4 Å². The molecule has 5 nitrogen and oxygen atoms in total. The van der Waals surface area contributed by atoms with Crippen molar-refractivity contribution in [2.45, 2.75) is 26.9 Å². The van der Waals surface area contributed by atoms with Gasteiger partial charge in [-0.05, 0) is 31.9 Å². The Morgan fingerprint density at radius 2 is 1.86 bits per heavy atom. The van der Waals surface area contributed by atoms with Gasteiger partial charge in [0, 0.05) is 6.08 Å². The van der Waals surface area contributed by atoms with Crippen LogP contribution in [0, 0.1) is 11.3 Å². The third-order valence-corrected chi connectivity index (χ3v) is 4.23. The number of benzene rings is 1. The van der Waals surface area contributed by atoms with Gasteiger partial charge in [-0.25, -0.2) is 4.57 Å². The van der Waals surface area contributed by atoms with Crippen LogP contribution in [0.4, 0.5) is 0 Å². The van der Waals surface area contributed by atoms with E-state index in [4.69, 9.17) is 18.8 Å². The second-order valence-electron chi connectivity index (χ2n) is 4.20. The SMILES string of the molecule is CCOP(=O)(OCC)OC(/C(C)=C/C#N)c1ccccc1. The van der Waals surface area contributed by atoms with Gasteiger partial charge >= 0.3 is 7.82 Å². The van der Waals surface area contributed by atoms with Gasteiger partial charge in [-0.1, -0.05) is 30.3 Å². The lowest BCUT2D eigenvalue weighted by Crippen LogP contribution is -2.08. The first kappa shape index (κ1) is 17.6. The average molecular weight is 309 g/mol. The van der Waals surface area contributed by atoms with Crippen molar-refractivity contribution in [3.05, 3.63) is 47.5 Å². The Labute approximate surface area is 125 Å². The Morgan fingerprint density at radius 3 is 2.33 bits per heavy atom. The van der Waals surface area contributed by atoms with E-state index in [-0.39, 0.29) is 13.2 Å². The Hall–Kier alpha value is -1.44. The summed E-state index contributed by atoms with van der Waals surface area (Å²) in [6.45, 7) is 5.58. The van der Waals surface area contributed by atoms with E-state index in [0.717, 1.165) is 5.56 Å². The molecule has 1 rings (SSSR count). The van der Waals surface area contributed by atoms with Crippen LogP contribution in [-0.2, 0) is 18.1 Å². The van der Waals surface area contributed by atoms with Gasteiger partial charge in [0.1, 0.15) is 6.10 Å². The molecule has 0 amide bonds. The van der Waals surface area contributed by atoms with E-state index in [2.05, 4.69) is 0 Å². The molecule has 0 aliphatic rings. The van der Waals surface area contributed by atoms with Crippen molar-refractivity contribution in [2.24, 2.45) is 0 Å². The molecule has 1 aromatic carbocycles. The molecule has 0 aliphatic carbocycles. The van der Waals surface area contributed by atoms with E-state index < -0.39 is 13.9 Å². The van der Waals surface area contributed by atoms with Gasteiger partial charge in [0.15, 0.2) is 0 Å². The van der Waals surface area contributed by atoms with E-state index in [1.807, 2.05) is 36.4 Å². The summed E-state index contributed by atoms with van der Waals surface area (Å²) in [7, 11) is -3.67. The van der Waals surface area contributed by atoms with Gasteiger partial charge in [-0.3, -0.25) is 13.6 Å². The lowest BCUT2D eigenvalue weighted by atomic mass is 10.0. The van der Waals surface area contributed by atoms with Crippen molar-refractivity contribution >= 4 is 7.82 Å². The highest BCUT2D eigenvalue weighted by molar-refractivity contribution is 7.48. The molecule has 0 fully saturated rings. The molecule has 0 aromatic heterocycles. The lowest BCUT2D eigenvalue weighted by Gasteiger charge is -2.24. The summed E-state index contributed by atoms with van der Waals surface area (Å²) in [6.07, 6.45) is 0.703. The van der Waals surface area contributed by atoms with Crippen molar-refractivity contribution in [3.8, 4) is 6.07 Å². The molecule has 6 heteroatoms. The minimum absolute atomic E-state index is 0.208. The number of rotatable bonds is 8. The molecule has 0 radical (unpaired) electrons. The number of nitrogens with zero attached hydrogens (tertiary/aromatic N) is 1. The summed E-state index contributed by atoms with van der Waals surface area (Å²) < 4.78 is 28.4. The monoisotopic (exact) mass is 309 g/mol. The van der Waals surface area contributed by atoms with Gasteiger partial charge in [0.05, 0.1) is 19.3 Å². The number of hydrogen-bond donors (Lipinski definition) is 0. The van der Waals surface area contributed by atoms with Crippen LogP contribution in [0.15, 0.2) is 42.0 Å². The Kier molecular flexibility index (Phi) is 7.35. The molecule has 0 N–H and O–H groups in total. The van der Waals surface area contributed by atoms with Gasteiger partial charge in [0.25, 0.3) is 0 Å². The molecular weight excluding hydrogens is 289 g/mol. The quantitative estimate of drug-likeness (QED) is 0.526. The maximum Gasteiger partial charge on any atom is 0.475 e. The summed E-state index contributed by atoms with van der Waals surface area (Å²) in [6, 6.07) is 11.2. The van der Waals surface area contributed by atoms with Crippen LogP contribution in [-0.4, -0.2) is 13.2 Å². The van der Waals surface area contributed by atoms with Gasteiger partial charge in [-0.2, -0.15) is 5.26 Å². The van der Waals surface area contributed by atoms with Gasteiger partial charge < -0.3 is 0 Å². The highest BCUT2D eigenvalue weighted by Crippen LogP contribution is 2.54. The third-order valence-electron chi connectivity index (χ3n) is 2.62. The first-order valence-electron chi connectivity index (χ1n) is 6.75. The summed E-state index contributed by atoms with van der Waals surface area (Å²) in [5.41, 5.74) is 1.41. The maximum atomic E-state index is 12.5. The van der Waals surface area contributed by atoms with Crippen LogP contribution < -0.4 is 0 Å². The molecule has 21 heavy (non-hydrogen) atoms. The van der Waals surface area contributed by atoms with Crippen molar-refractivity contribution in [1.82, 2.24) is 0 Å². The van der Waals surface area contributed by atoms with E-state index in [1.54, 1.807) is 20.8 Å². The lowest BCUT2D eigenvalue weighted by molar-refractivity contribution is 0.0967. The number of nitriles is 1. The van der Waals surface area contributed by atoms with Gasteiger partial charge in [-0.15, -0.1) is 0 Å². The topological polar surface area (TPSA) is 68.6 Å². The fraction of sp³-hybridized carbons (Fsp3) is 0.400. The molecule has 0 aliphatic heterocycles. The molecule has 1 atom stereocenters. The van der Waals surface area contributed by atoms with E-state index in [0.29, 0.717) is 5.57 Å². The molecule has 1 unspecified atom stereocenters. The van der Waals surface area contributed by atoms with Crippen molar-refractivity contribution < 1.29 is 18.1 Å². The fourth-order valence-electron chi connectivity index (χ4n) is 1.76. The Morgan fingerprint density at radius 1 is 1.29 bits per heavy atom. The van der Waals surface area contributed by atoms with Gasteiger partial charge in [0.2, 0.25) is 0 Å². The van der Waals surface area contributed by atoms with Crippen LogP contribution in [0.25, 0.3) is 0 Å². The largest absolute Gasteiger partial charge is 0.475 e. The Bertz CT molecular complexity index is 541. The first-order chi connectivity index (χ1) is 10.1. The third kappa shape index (κ3) is 5.45. The number of hydrogen-bond acceptors (Lipinski definition) is 5. The summed E-state index contributed by atoms with van der Waals surface area (Å²) in [4.78, 5) is 0. The maximum absolute atomic E-state index is 12.5. The highest BCUT2D eigenvalue weighted by Gasteiger charge is 2.31. The van der Waals surface area contributed by atoms with Crippen molar-refractivity contribution in [2.75, 3.05) is 13.2 Å². The smallest absolute Gasteiger partial charge is 0.287 e. The number of phosphoric ester groups is 1. The summed E-state index contributed by atoms with van der Waals surface area (Å²) in [5.74, 6) is 0. The molecule has 0 saturated heterocycles. The summed E-state index contributed by atoms with van der Waals surface area (Å²) in [5, 5.41) is 8.82. The fourth-order valence-corrected chi connectivity index (χ4v) is 3.13. The zero-order valence-electron chi connectivity index (χ0n) is 12.5. The highest BCUT2D eigenvalue weighted by atomic mass is 31.2. The van der Waals surface area contributed by atoms with E-state index >= 15 is 0 Å². The molecule has 0 heterocycles. The first-order valence-corrected chi connectivity index (χ1v) is 8.21. The Balaban J connectivity index is 3.11. The predicted octanol–water partition coefficient (Wildman–Crippen LogP) is 4.40. The predicted molar refractivity (Wildman–Crippen MR) is 80.5 cm³/mol. The molecule has 1 aromatic rings. The second-order valence-corrected chi connectivity index (χ2v) is 5.82. The van der Waals surface area contributed by atoms with Crippen LogP contribution in [0.5, 0.6) is 0 Å². The molecule has 0 bridgehead atoms. The average Bonchev–Trinajstić information content (AvgIpc) is 2.46. The zero-order chi connectivity index (χ0) is 15.7. The summed E-state index contributed by atoms with van der Waals surface area (Å²) >= 11 is 0. The van der Waals surface area contributed by atoms with Crippen LogP contribution >= 0.6 is 7.82 Å². The zero-order valence-corrected chi connectivity index (χ0v) is 13.4. The number of allylic oxidation sites excluding steroid dienone is 1. The van der Waals surface area contributed by atoms with Crippen molar-refractivity contribution in [1.29, 1.82) is 5.26 Å². The molecule has 114 valence electrons. The van der Waals surface area contributed by atoms with Crippen LogP contribution in [0.3, 0.4) is 0 Å². The van der Waals surface area contributed by atoms with Crippen LogP contribution in [0.2, 0.25) is 0 Å². The van der Waals surface area contributed by atoms with E-state index in [9.17, 15) is 4.57 Å². The molecule has 0 saturated carbocycles. The van der Waals surface area contributed by atoms with E-state index in [1.165, 1.54) is 6.08 Å².